The Morgan fingerprint density at radius 3 is 2.83 bits per heavy atom. The Balaban J connectivity index is 1.52. The van der Waals surface area contributed by atoms with E-state index in [1.165, 1.54) is 49.4 Å². The van der Waals surface area contributed by atoms with Gasteiger partial charge in [0, 0.05) is 37.4 Å². The van der Waals surface area contributed by atoms with Crippen LogP contribution in [0.25, 0.3) is 5.69 Å². The van der Waals surface area contributed by atoms with Crippen LogP contribution in [0.3, 0.4) is 0 Å². The van der Waals surface area contributed by atoms with Crippen molar-refractivity contribution in [2.75, 3.05) is 19.6 Å². The van der Waals surface area contributed by atoms with E-state index < -0.39 is 0 Å². The third-order valence-electron chi connectivity index (χ3n) is 5.62. The molecule has 2 aromatic rings. The predicted octanol–water partition coefficient (Wildman–Crippen LogP) is 3.16. The molecule has 0 amide bonds. The van der Waals surface area contributed by atoms with Crippen LogP contribution in [0.4, 0.5) is 0 Å². The van der Waals surface area contributed by atoms with Gasteiger partial charge in [-0.25, -0.2) is 4.68 Å². The highest BCUT2D eigenvalue weighted by Crippen LogP contribution is 2.26. The van der Waals surface area contributed by atoms with E-state index in [2.05, 4.69) is 70.7 Å². The first-order valence-electron chi connectivity index (χ1n) is 9.21. The van der Waals surface area contributed by atoms with Crippen LogP contribution < -0.4 is 0 Å². The maximum Gasteiger partial charge on any atom is 0.0651 e. The molecule has 0 spiro atoms. The zero-order chi connectivity index (χ0) is 16.7. The highest BCUT2D eigenvalue weighted by Gasteiger charge is 2.34. The average molecular weight is 324 g/mol. The molecule has 3 heterocycles. The number of rotatable bonds is 3. The third-order valence-corrected chi connectivity index (χ3v) is 5.62. The highest BCUT2D eigenvalue weighted by atomic mass is 15.3. The van der Waals surface area contributed by atoms with Crippen molar-refractivity contribution in [3.8, 4) is 5.69 Å². The van der Waals surface area contributed by atoms with Crippen LogP contribution in [0.5, 0.6) is 0 Å². The molecule has 24 heavy (non-hydrogen) atoms. The van der Waals surface area contributed by atoms with Crippen LogP contribution in [0.15, 0.2) is 30.3 Å². The van der Waals surface area contributed by atoms with Gasteiger partial charge in [0.25, 0.3) is 0 Å². The minimum Gasteiger partial charge on any atom is -0.298 e. The molecule has 1 aromatic carbocycles. The molecular weight excluding hydrogens is 296 g/mol. The van der Waals surface area contributed by atoms with Gasteiger partial charge in [0.05, 0.1) is 11.4 Å². The molecule has 0 unspecified atom stereocenters. The lowest BCUT2D eigenvalue weighted by Crippen LogP contribution is -2.54. The first kappa shape index (κ1) is 15.9. The lowest BCUT2D eigenvalue weighted by Gasteiger charge is -2.42. The van der Waals surface area contributed by atoms with Gasteiger partial charge < -0.3 is 0 Å². The van der Waals surface area contributed by atoms with Gasteiger partial charge in [-0.3, -0.25) is 9.80 Å². The van der Waals surface area contributed by atoms with E-state index >= 15 is 0 Å². The molecule has 4 nitrogen and oxygen atoms in total. The second-order valence-electron chi connectivity index (χ2n) is 7.58. The summed E-state index contributed by atoms with van der Waals surface area (Å²) in [4.78, 5) is 5.35. The average Bonchev–Trinajstić information content (AvgIpc) is 3.13. The minimum absolute atomic E-state index is 0.636. The van der Waals surface area contributed by atoms with Crippen LogP contribution in [0.1, 0.15) is 36.7 Å². The Bertz CT molecular complexity index is 720. The van der Waals surface area contributed by atoms with Gasteiger partial charge in [0.15, 0.2) is 0 Å². The van der Waals surface area contributed by atoms with E-state index in [1.54, 1.807) is 0 Å². The fourth-order valence-corrected chi connectivity index (χ4v) is 4.38. The second kappa shape index (κ2) is 6.34. The van der Waals surface area contributed by atoms with E-state index in [0.717, 1.165) is 18.3 Å². The summed E-state index contributed by atoms with van der Waals surface area (Å²) >= 11 is 0. The molecule has 4 heteroatoms. The molecule has 0 radical (unpaired) electrons. The fraction of sp³-hybridized carbons (Fsp3) is 0.550. The van der Waals surface area contributed by atoms with Gasteiger partial charge in [-0.15, -0.1) is 0 Å². The van der Waals surface area contributed by atoms with Crippen molar-refractivity contribution in [1.82, 2.24) is 19.6 Å². The molecular formula is C20H28N4. The van der Waals surface area contributed by atoms with Crippen molar-refractivity contribution in [3.05, 3.63) is 47.3 Å². The number of hydrogen-bond donors (Lipinski definition) is 0. The molecule has 0 saturated carbocycles. The van der Waals surface area contributed by atoms with Crippen molar-refractivity contribution in [2.24, 2.45) is 0 Å². The quantitative estimate of drug-likeness (QED) is 0.867. The number of hydrogen-bond acceptors (Lipinski definition) is 3. The summed E-state index contributed by atoms with van der Waals surface area (Å²) in [6.07, 6.45) is 2.74. The van der Waals surface area contributed by atoms with Gasteiger partial charge in [-0.2, -0.15) is 5.10 Å². The summed E-state index contributed by atoms with van der Waals surface area (Å²) in [6.45, 7) is 11.3. The number of aryl methyl sites for hydroxylation is 2. The summed E-state index contributed by atoms with van der Waals surface area (Å²) in [5.41, 5.74) is 4.82. The Kier molecular flexibility index (Phi) is 4.19. The number of fused-ring (bicyclic) bond motifs is 1. The summed E-state index contributed by atoms with van der Waals surface area (Å²) in [5.74, 6) is 0. The van der Waals surface area contributed by atoms with Crippen LogP contribution >= 0.6 is 0 Å². The van der Waals surface area contributed by atoms with Gasteiger partial charge in [0.1, 0.15) is 0 Å². The van der Waals surface area contributed by atoms with E-state index in [9.17, 15) is 0 Å². The molecule has 4 rings (SSSR count). The molecule has 128 valence electrons. The number of nitrogens with zero attached hydrogens (tertiary/aromatic N) is 4. The Morgan fingerprint density at radius 1 is 1.17 bits per heavy atom. The van der Waals surface area contributed by atoms with Crippen molar-refractivity contribution in [1.29, 1.82) is 0 Å². The number of piperazine rings is 1. The maximum absolute atomic E-state index is 4.62. The lowest BCUT2D eigenvalue weighted by atomic mass is 10.1. The Morgan fingerprint density at radius 2 is 2.04 bits per heavy atom. The van der Waals surface area contributed by atoms with Crippen molar-refractivity contribution in [2.45, 2.75) is 52.2 Å². The SMILES string of the molecule is Cc1cc(C)n(-c2cccc(CN3C[C@H]4CCCN4C[C@@H]3C)c2)n1. The Labute approximate surface area is 145 Å². The number of benzene rings is 1. The zero-order valence-corrected chi connectivity index (χ0v) is 15.1. The van der Waals surface area contributed by atoms with Crippen molar-refractivity contribution < 1.29 is 0 Å². The number of aromatic nitrogens is 2. The molecule has 2 saturated heterocycles. The zero-order valence-electron chi connectivity index (χ0n) is 15.1. The molecule has 2 aliphatic rings. The summed E-state index contributed by atoms with van der Waals surface area (Å²) < 4.78 is 2.05. The molecule has 0 bridgehead atoms. The largest absolute Gasteiger partial charge is 0.298 e. The first-order valence-corrected chi connectivity index (χ1v) is 9.21. The van der Waals surface area contributed by atoms with Crippen LogP contribution in [0, 0.1) is 13.8 Å². The van der Waals surface area contributed by atoms with Crippen LogP contribution in [-0.2, 0) is 6.54 Å². The Hall–Kier alpha value is -1.65. The molecule has 2 aliphatic heterocycles. The third kappa shape index (κ3) is 3.01. The standard InChI is InChI=1S/C20H28N4/c1-15-10-16(2)24(21-15)19-7-4-6-18(11-19)13-23-14-20-8-5-9-22(20)12-17(23)3/h4,6-7,10-11,17,20H,5,8-9,12-14H2,1-3H3/t17-,20+/m0/s1. The highest BCUT2D eigenvalue weighted by molar-refractivity contribution is 5.37. The van der Waals surface area contributed by atoms with E-state index in [0.29, 0.717) is 6.04 Å². The van der Waals surface area contributed by atoms with E-state index in [4.69, 9.17) is 0 Å². The maximum atomic E-state index is 4.62. The summed E-state index contributed by atoms with van der Waals surface area (Å²) in [5, 5.41) is 4.62. The second-order valence-corrected chi connectivity index (χ2v) is 7.58. The predicted molar refractivity (Wildman–Crippen MR) is 97.5 cm³/mol. The van der Waals surface area contributed by atoms with Crippen LogP contribution in [0.2, 0.25) is 0 Å². The molecule has 1 aromatic heterocycles. The topological polar surface area (TPSA) is 24.3 Å². The minimum atomic E-state index is 0.636. The van der Waals surface area contributed by atoms with Gasteiger partial charge in [0.2, 0.25) is 0 Å². The van der Waals surface area contributed by atoms with Crippen molar-refractivity contribution >= 4 is 0 Å². The summed E-state index contributed by atoms with van der Waals surface area (Å²) in [6, 6.07) is 12.4. The molecule has 0 N–H and O–H groups in total. The normalized spacial score (nSPS) is 25.1. The van der Waals surface area contributed by atoms with Gasteiger partial charge >= 0.3 is 0 Å². The lowest BCUT2D eigenvalue weighted by molar-refractivity contribution is 0.0540. The van der Waals surface area contributed by atoms with E-state index in [-0.39, 0.29) is 0 Å². The van der Waals surface area contributed by atoms with Crippen molar-refractivity contribution in [3.63, 3.8) is 0 Å². The summed E-state index contributed by atoms with van der Waals surface area (Å²) in [7, 11) is 0. The van der Waals surface area contributed by atoms with Crippen LogP contribution in [-0.4, -0.2) is 51.3 Å². The molecule has 2 fully saturated rings. The smallest absolute Gasteiger partial charge is 0.0651 e. The monoisotopic (exact) mass is 324 g/mol. The first-order chi connectivity index (χ1) is 11.6. The fourth-order valence-electron chi connectivity index (χ4n) is 4.38. The molecule has 2 atom stereocenters. The molecule has 0 aliphatic carbocycles. The van der Waals surface area contributed by atoms with Gasteiger partial charge in [-0.1, -0.05) is 12.1 Å². The van der Waals surface area contributed by atoms with Gasteiger partial charge in [-0.05, 0) is 63.9 Å². The van der Waals surface area contributed by atoms with E-state index in [1.807, 2.05) is 0 Å².